The van der Waals surface area contributed by atoms with Crippen LogP contribution in [0.4, 0.5) is 5.82 Å². The molecular formula is C8H12N4O3. The first-order valence-electron chi connectivity index (χ1n) is 4.22. The molecule has 0 aromatic carbocycles. The van der Waals surface area contributed by atoms with E-state index < -0.39 is 5.97 Å². The van der Waals surface area contributed by atoms with Gasteiger partial charge in [0, 0.05) is 12.6 Å². The van der Waals surface area contributed by atoms with Gasteiger partial charge in [0.1, 0.15) is 5.56 Å². The second-order valence-corrected chi connectivity index (χ2v) is 2.87. The van der Waals surface area contributed by atoms with E-state index in [0.717, 1.165) is 0 Å². The highest BCUT2D eigenvalue weighted by Crippen LogP contribution is 2.15. The summed E-state index contributed by atoms with van der Waals surface area (Å²) in [6, 6.07) is 0. The van der Waals surface area contributed by atoms with Crippen LogP contribution in [0.3, 0.4) is 0 Å². The summed E-state index contributed by atoms with van der Waals surface area (Å²) in [5.74, 6) is -0.574. The number of nitrogens with zero attached hydrogens (tertiary/aromatic N) is 1. The van der Waals surface area contributed by atoms with Crippen LogP contribution < -0.4 is 10.9 Å². The van der Waals surface area contributed by atoms with Gasteiger partial charge in [-0.2, -0.15) is 5.10 Å². The predicted molar refractivity (Wildman–Crippen MR) is 52.1 cm³/mol. The average Bonchev–Trinajstić information content (AvgIpc) is 2.55. The molecule has 0 fully saturated rings. The number of esters is 1. The van der Waals surface area contributed by atoms with Crippen LogP contribution in [0.1, 0.15) is 23.0 Å². The number of ether oxygens (including phenoxy) is 1. The van der Waals surface area contributed by atoms with Gasteiger partial charge in [0.25, 0.3) is 0 Å². The van der Waals surface area contributed by atoms with Crippen molar-refractivity contribution >= 4 is 17.7 Å². The number of rotatable bonds is 3. The molecule has 1 heterocycles. The predicted octanol–water partition coefficient (Wildman–Crippen LogP) is -0.0323. The molecule has 3 N–H and O–H groups in total. The summed E-state index contributed by atoms with van der Waals surface area (Å²) >= 11 is 0. The van der Waals surface area contributed by atoms with Crippen LogP contribution in [-0.4, -0.2) is 29.2 Å². The number of nitrogens with one attached hydrogen (secondary N) is 3. The van der Waals surface area contributed by atoms with Crippen molar-refractivity contribution in [3.8, 4) is 0 Å². The van der Waals surface area contributed by atoms with Crippen molar-refractivity contribution < 1.29 is 14.3 Å². The molecule has 82 valence electrons. The molecule has 7 nitrogen and oxygen atoms in total. The number of anilines is 1. The molecule has 15 heavy (non-hydrogen) atoms. The molecule has 1 rings (SSSR count). The Morgan fingerprint density at radius 3 is 2.67 bits per heavy atom. The third-order valence-corrected chi connectivity index (χ3v) is 1.69. The van der Waals surface area contributed by atoms with Gasteiger partial charge in [0.05, 0.1) is 7.11 Å². The largest absolute Gasteiger partial charge is 0.465 e. The minimum atomic E-state index is -0.519. The van der Waals surface area contributed by atoms with Gasteiger partial charge in [-0.15, -0.1) is 0 Å². The van der Waals surface area contributed by atoms with E-state index in [1.54, 1.807) is 6.92 Å². The molecule has 1 amide bonds. The Morgan fingerprint density at radius 2 is 2.13 bits per heavy atom. The zero-order valence-electron chi connectivity index (χ0n) is 8.67. The van der Waals surface area contributed by atoms with Crippen LogP contribution in [0.2, 0.25) is 0 Å². The monoisotopic (exact) mass is 212 g/mol. The Bertz CT molecular complexity index is 385. The Morgan fingerprint density at radius 1 is 1.47 bits per heavy atom. The number of carbonyl (C=O) groups is 2. The van der Waals surface area contributed by atoms with Crippen LogP contribution in [0.25, 0.3) is 0 Å². The van der Waals surface area contributed by atoms with Crippen molar-refractivity contribution in [2.24, 2.45) is 0 Å². The Balaban J connectivity index is 2.88. The first-order chi connectivity index (χ1) is 7.06. The van der Waals surface area contributed by atoms with E-state index in [9.17, 15) is 9.59 Å². The van der Waals surface area contributed by atoms with Gasteiger partial charge in [-0.25, -0.2) is 4.79 Å². The fourth-order valence-electron chi connectivity index (χ4n) is 1.02. The lowest BCUT2D eigenvalue weighted by atomic mass is 10.2. The lowest BCUT2D eigenvalue weighted by Crippen LogP contribution is -2.27. The molecule has 0 unspecified atom stereocenters. The van der Waals surface area contributed by atoms with Gasteiger partial charge in [0.15, 0.2) is 5.82 Å². The maximum Gasteiger partial charge on any atom is 0.343 e. The lowest BCUT2D eigenvalue weighted by molar-refractivity contribution is -0.118. The van der Waals surface area contributed by atoms with E-state index >= 15 is 0 Å². The molecule has 0 aliphatic heterocycles. The van der Waals surface area contributed by atoms with Gasteiger partial charge < -0.3 is 4.74 Å². The molecule has 0 bridgehead atoms. The number of hydrogen-bond acceptors (Lipinski definition) is 5. The van der Waals surface area contributed by atoms with Crippen molar-refractivity contribution in [1.82, 2.24) is 15.6 Å². The molecule has 0 spiro atoms. The Hall–Kier alpha value is -2.05. The van der Waals surface area contributed by atoms with Crippen LogP contribution >= 0.6 is 0 Å². The minimum absolute atomic E-state index is 0.231. The summed E-state index contributed by atoms with van der Waals surface area (Å²) in [7, 11) is 1.27. The molecule has 0 aliphatic carbocycles. The summed E-state index contributed by atoms with van der Waals surface area (Å²) in [6.45, 7) is 3.02. The molecule has 0 radical (unpaired) electrons. The zero-order valence-corrected chi connectivity index (χ0v) is 8.67. The third-order valence-electron chi connectivity index (χ3n) is 1.69. The summed E-state index contributed by atoms with van der Waals surface area (Å²) < 4.78 is 4.57. The second-order valence-electron chi connectivity index (χ2n) is 2.87. The fraction of sp³-hybridized carbons (Fsp3) is 0.375. The summed E-state index contributed by atoms with van der Waals surface area (Å²) in [5.41, 5.74) is 5.66. The van der Waals surface area contributed by atoms with Crippen molar-refractivity contribution in [2.75, 3.05) is 12.5 Å². The number of hydrazine groups is 1. The van der Waals surface area contributed by atoms with Crippen molar-refractivity contribution in [1.29, 1.82) is 0 Å². The van der Waals surface area contributed by atoms with Crippen molar-refractivity contribution in [2.45, 2.75) is 13.8 Å². The Labute approximate surface area is 86.2 Å². The number of hydrogen-bond donors (Lipinski definition) is 3. The second kappa shape index (κ2) is 4.45. The van der Waals surface area contributed by atoms with Crippen molar-refractivity contribution in [3.63, 3.8) is 0 Å². The number of aromatic nitrogens is 2. The average molecular weight is 212 g/mol. The number of aromatic amines is 1. The lowest BCUT2D eigenvalue weighted by Gasteiger charge is -2.04. The van der Waals surface area contributed by atoms with E-state index in [1.165, 1.54) is 14.0 Å². The van der Waals surface area contributed by atoms with E-state index in [-0.39, 0.29) is 17.3 Å². The number of H-pyrrole nitrogens is 1. The van der Waals surface area contributed by atoms with E-state index in [2.05, 4.69) is 25.8 Å². The molecular weight excluding hydrogens is 200 g/mol. The van der Waals surface area contributed by atoms with Crippen molar-refractivity contribution in [3.05, 3.63) is 11.3 Å². The summed E-state index contributed by atoms with van der Waals surface area (Å²) in [4.78, 5) is 22.0. The van der Waals surface area contributed by atoms with Gasteiger partial charge in [0.2, 0.25) is 5.91 Å². The molecule has 0 atom stereocenters. The molecule has 0 aliphatic rings. The molecule has 1 aromatic heterocycles. The van der Waals surface area contributed by atoms with E-state index in [1.807, 2.05) is 0 Å². The maximum absolute atomic E-state index is 11.3. The third kappa shape index (κ3) is 2.46. The highest BCUT2D eigenvalue weighted by atomic mass is 16.5. The molecule has 1 aromatic rings. The van der Waals surface area contributed by atoms with E-state index in [4.69, 9.17) is 0 Å². The maximum atomic E-state index is 11.3. The van der Waals surface area contributed by atoms with E-state index in [0.29, 0.717) is 5.69 Å². The summed E-state index contributed by atoms with van der Waals surface area (Å²) in [5, 5.41) is 6.42. The summed E-state index contributed by atoms with van der Waals surface area (Å²) in [6.07, 6.45) is 0. The fourth-order valence-corrected chi connectivity index (χ4v) is 1.02. The number of aryl methyl sites for hydroxylation is 1. The van der Waals surface area contributed by atoms with Gasteiger partial charge in [-0.3, -0.25) is 20.7 Å². The highest BCUT2D eigenvalue weighted by Gasteiger charge is 2.18. The number of amides is 1. The normalized spacial score (nSPS) is 9.53. The minimum Gasteiger partial charge on any atom is -0.465 e. The zero-order chi connectivity index (χ0) is 11.4. The van der Waals surface area contributed by atoms with Crippen LogP contribution in [0.5, 0.6) is 0 Å². The van der Waals surface area contributed by atoms with Crippen LogP contribution in [-0.2, 0) is 9.53 Å². The number of methoxy groups -OCH3 is 1. The highest BCUT2D eigenvalue weighted by molar-refractivity contribution is 5.96. The standard InChI is InChI=1S/C8H12N4O3/c1-4-6(8(14)15-3)7(11-9-4)12-10-5(2)13/h1-3H3,(H,10,13)(H2,9,11,12). The first kappa shape index (κ1) is 11.0. The molecule has 0 saturated heterocycles. The van der Waals surface area contributed by atoms with Gasteiger partial charge in [-0.1, -0.05) is 0 Å². The Kier molecular flexibility index (Phi) is 3.27. The van der Waals surface area contributed by atoms with Crippen LogP contribution in [0.15, 0.2) is 0 Å². The molecule has 7 heteroatoms. The smallest absolute Gasteiger partial charge is 0.343 e. The topological polar surface area (TPSA) is 96.1 Å². The van der Waals surface area contributed by atoms with Gasteiger partial charge in [-0.05, 0) is 6.92 Å². The van der Waals surface area contributed by atoms with Gasteiger partial charge >= 0.3 is 5.97 Å². The first-order valence-corrected chi connectivity index (χ1v) is 4.22. The quantitative estimate of drug-likeness (QED) is 0.483. The number of carbonyl (C=O) groups excluding carboxylic acids is 2. The SMILES string of the molecule is COC(=O)c1c(NNC(C)=O)n[nH]c1C. The van der Waals surface area contributed by atoms with Crippen LogP contribution in [0, 0.1) is 6.92 Å². The molecule has 0 saturated carbocycles.